The molecule has 1 aliphatic heterocycles. The normalized spacial score (nSPS) is 24.0. The van der Waals surface area contributed by atoms with E-state index in [1.165, 1.54) is 0 Å². The van der Waals surface area contributed by atoms with Crippen LogP contribution in [0.5, 0.6) is 0 Å². The number of carbonyl (C=O) groups is 4. The minimum Gasteiger partial charge on any atom is -0.458 e. The van der Waals surface area contributed by atoms with Gasteiger partial charge in [0.1, 0.15) is 23.4 Å². The van der Waals surface area contributed by atoms with Crippen LogP contribution in [0.25, 0.3) is 0 Å². The molecule has 2 aliphatic rings. The largest absolute Gasteiger partial charge is 0.458 e. The third kappa shape index (κ3) is 9.50. The summed E-state index contributed by atoms with van der Waals surface area (Å²) in [5.41, 5.74) is -0.782. The monoisotopic (exact) mass is 561 g/mol. The molecule has 0 spiro atoms. The Morgan fingerprint density at radius 1 is 0.925 bits per heavy atom. The number of ether oxygens (including phenoxy) is 5. The predicted molar refractivity (Wildman–Crippen MR) is 145 cm³/mol. The highest BCUT2D eigenvalue weighted by Gasteiger charge is 2.45. The molecular formula is C30H43NO9. The van der Waals surface area contributed by atoms with Crippen molar-refractivity contribution in [2.75, 3.05) is 13.2 Å². The van der Waals surface area contributed by atoms with E-state index in [1.807, 2.05) is 30.3 Å². The Labute approximate surface area is 236 Å². The van der Waals surface area contributed by atoms with Crippen molar-refractivity contribution < 1.29 is 42.9 Å². The number of imide groups is 1. The van der Waals surface area contributed by atoms with Crippen LogP contribution < -0.4 is 0 Å². The number of carbonyl (C=O) groups excluding carboxylic acids is 4. The number of nitrogens with zero attached hydrogens (tertiary/aromatic N) is 1. The zero-order valence-corrected chi connectivity index (χ0v) is 24.6. The van der Waals surface area contributed by atoms with Gasteiger partial charge in [0.15, 0.2) is 6.04 Å². The third-order valence-corrected chi connectivity index (χ3v) is 6.41. The van der Waals surface area contributed by atoms with Crippen LogP contribution in [-0.2, 0) is 39.7 Å². The number of cyclic esters (lactones) is 1. The highest BCUT2D eigenvalue weighted by molar-refractivity contribution is 5.94. The topological polar surface area (TPSA) is 118 Å². The minimum atomic E-state index is -1.47. The zero-order chi connectivity index (χ0) is 29.7. The summed E-state index contributed by atoms with van der Waals surface area (Å²) in [6, 6.07) is 8.41. The fourth-order valence-electron chi connectivity index (χ4n) is 4.32. The lowest BCUT2D eigenvalue weighted by molar-refractivity contribution is -0.173. The molecule has 0 N–H and O–H groups in total. The van der Waals surface area contributed by atoms with Gasteiger partial charge < -0.3 is 23.7 Å². The van der Waals surface area contributed by atoms with E-state index >= 15 is 0 Å². The van der Waals surface area contributed by atoms with Crippen LogP contribution in [0.15, 0.2) is 30.3 Å². The molecule has 1 aliphatic carbocycles. The molecule has 2 fully saturated rings. The Hall–Kier alpha value is -3.14. The van der Waals surface area contributed by atoms with Crippen LogP contribution in [0.2, 0.25) is 0 Å². The Morgan fingerprint density at radius 3 is 2.02 bits per heavy atom. The molecule has 1 aromatic carbocycles. The summed E-state index contributed by atoms with van der Waals surface area (Å²) < 4.78 is 28.5. The first-order chi connectivity index (χ1) is 18.6. The van der Waals surface area contributed by atoms with Crippen molar-refractivity contribution in [3.05, 3.63) is 35.9 Å². The van der Waals surface area contributed by atoms with Crippen LogP contribution in [-0.4, -0.2) is 71.7 Å². The quantitative estimate of drug-likeness (QED) is 0.347. The van der Waals surface area contributed by atoms with Crippen LogP contribution >= 0.6 is 0 Å². The van der Waals surface area contributed by atoms with Gasteiger partial charge in [-0.15, -0.1) is 0 Å². The van der Waals surface area contributed by atoms with Gasteiger partial charge in [-0.25, -0.2) is 14.4 Å². The summed E-state index contributed by atoms with van der Waals surface area (Å²) in [4.78, 5) is 53.1. The third-order valence-electron chi connectivity index (χ3n) is 6.41. The maximum absolute atomic E-state index is 13.5. The van der Waals surface area contributed by atoms with Gasteiger partial charge in [-0.1, -0.05) is 30.3 Å². The first kappa shape index (κ1) is 31.4. The molecule has 2 amide bonds. The number of hydrogen-bond donors (Lipinski definition) is 0. The van der Waals surface area contributed by atoms with Gasteiger partial charge in [0, 0.05) is 5.92 Å². The van der Waals surface area contributed by atoms with Gasteiger partial charge in [-0.2, -0.15) is 4.90 Å². The second kappa shape index (κ2) is 13.0. The summed E-state index contributed by atoms with van der Waals surface area (Å²) in [5.74, 6) is -1.66. The SMILES string of the molecule is C[C@@H]1OC(=O)[C@@H](N(C(=O)OC(C)(C)C)C(=O)OC(C)(C)C)COC[C@H](CCc2ccccc2)[C@H]1OC(=O)C1CC1. The van der Waals surface area contributed by atoms with E-state index < -0.39 is 47.6 Å². The molecule has 1 saturated heterocycles. The van der Waals surface area contributed by atoms with Crippen LogP contribution in [0.3, 0.4) is 0 Å². The molecule has 0 unspecified atom stereocenters. The number of aryl methyl sites for hydroxylation is 1. The van der Waals surface area contributed by atoms with Crippen molar-refractivity contribution in [3.63, 3.8) is 0 Å². The van der Waals surface area contributed by atoms with E-state index in [2.05, 4.69) is 0 Å². The highest BCUT2D eigenvalue weighted by atomic mass is 16.6. The molecule has 0 radical (unpaired) electrons. The zero-order valence-electron chi connectivity index (χ0n) is 24.6. The highest BCUT2D eigenvalue weighted by Crippen LogP contribution is 2.33. The summed E-state index contributed by atoms with van der Waals surface area (Å²) in [7, 11) is 0. The molecule has 1 saturated carbocycles. The van der Waals surface area contributed by atoms with Crippen molar-refractivity contribution in [1.82, 2.24) is 4.90 Å². The molecule has 0 bridgehead atoms. The molecule has 0 aromatic heterocycles. The van der Waals surface area contributed by atoms with Crippen LogP contribution in [0.1, 0.15) is 73.3 Å². The first-order valence-electron chi connectivity index (χ1n) is 13.9. The van der Waals surface area contributed by atoms with E-state index in [-0.39, 0.29) is 31.0 Å². The Kier molecular flexibility index (Phi) is 10.2. The van der Waals surface area contributed by atoms with E-state index in [1.54, 1.807) is 48.5 Å². The van der Waals surface area contributed by atoms with E-state index in [0.29, 0.717) is 17.7 Å². The van der Waals surface area contributed by atoms with E-state index in [0.717, 1.165) is 18.4 Å². The average molecular weight is 562 g/mol. The van der Waals surface area contributed by atoms with Gasteiger partial charge in [0.25, 0.3) is 0 Å². The van der Waals surface area contributed by atoms with Crippen LogP contribution in [0.4, 0.5) is 9.59 Å². The molecule has 40 heavy (non-hydrogen) atoms. The predicted octanol–water partition coefficient (Wildman–Crippen LogP) is 5.06. The fraction of sp³-hybridized carbons (Fsp3) is 0.667. The van der Waals surface area contributed by atoms with Gasteiger partial charge in [-0.3, -0.25) is 4.79 Å². The Balaban J connectivity index is 1.88. The number of esters is 2. The van der Waals surface area contributed by atoms with Gasteiger partial charge in [0.2, 0.25) is 0 Å². The van der Waals surface area contributed by atoms with Crippen molar-refractivity contribution in [1.29, 1.82) is 0 Å². The molecular weight excluding hydrogens is 518 g/mol. The molecule has 1 heterocycles. The summed E-state index contributed by atoms with van der Waals surface area (Å²) in [6.45, 7) is 11.3. The second-order valence-corrected chi connectivity index (χ2v) is 12.5. The molecule has 10 nitrogen and oxygen atoms in total. The molecule has 4 atom stereocenters. The van der Waals surface area contributed by atoms with Crippen molar-refractivity contribution >= 4 is 24.1 Å². The molecule has 3 rings (SSSR count). The number of rotatable bonds is 6. The van der Waals surface area contributed by atoms with Crippen molar-refractivity contribution in [2.45, 2.75) is 104 Å². The lowest BCUT2D eigenvalue weighted by atomic mass is 9.92. The number of benzene rings is 1. The van der Waals surface area contributed by atoms with Gasteiger partial charge in [0.05, 0.1) is 19.1 Å². The average Bonchev–Trinajstić information content (AvgIpc) is 3.67. The second-order valence-electron chi connectivity index (χ2n) is 12.5. The Morgan fingerprint density at radius 2 is 1.50 bits per heavy atom. The minimum absolute atomic E-state index is 0.114. The smallest absolute Gasteiger partial charge is 0.420 e. The maximum atomic E-state index is 13.5. The van der Waals surface area contributed by atoms with E-state index in [9.17, 15) is 19.2 Å². The molecule has 1 aromatic rings. The number of amides is 2. The summed E-state index contributed by atoms with van der Waals surface area (Å²) >= 11 is 0. The molecule has 10 heteroatoms. The lowest BCUT2D eigenvalue weighted by Gasteiger charge is -2.32. The van der Waals surface area contributed by atoms with Crippen LogP contribution in [0, 0.1) is 11.8 Å². The fourth-order valence-corrected chi connectivity index (χ4v) is 4.32. The maximum Gasteiger partial charge on any atom is 0.420 e. The lowest BCUT2D eigenvalue weighted by Crippen LogP contribution is -2.54. The summed E-state index contributed by atoms with van der Waals surface area (Å²) in [5, 5.41) is 0. The van der Waals surface area contributed by atoms with Gasteiger partial charge >= 0.3 is 24.1 Å². The van der Waals surface area contributed by atoms with Gasteiger partial charge in [-0.05, 0) is 79.7 Å². The van der Waals surface area contributed by atoms with E-state index in [4.69, 9.17) is 23.7 Å². The molecule has 222 valence electrons. The first-order valence-corrected chi connectivity index (χ1v) is 13.9. The van der Waals surface area contributed by atoms with Crippen molar-refractivity contribution in [3.8, 4) is 0 Å². The standard InChI is InChI=1S/C30H43NO9/c1-19-24(38-25(32)21-15-16-21)22(14-13-20-11-9-8-10-12-20)17-36-18-23(26(33)37-19)31(27(34)39-29(2,3)4)28(35)40-30(5,6)7/h8-12,19,21-24H,13-18H2,1-7H3/t19-,22-,23-,24-/m0/s1. The number of hydrogen-bond acceptors (Lipinski definition) is 9. The van der Waals surface area contributed by atoms with Crippen molar-refractivity contribution in [2.24, 2.45) is 11.8 Å². The summed E-state index contributed by atoms with van der Waals surface area (Å²) in [6.07, 6.45) is -0.913. The Bertz CT molecular complexity index is 1010.